The molecule has 0 spiro atoms. The Kier molecular flexibility index (Phi) is 6.50. The van der Waals surface area contributed by atoms with E-state index < -0.39 is 11.9 Å². The monoisotopic (exact) mass is 408 g/mol. The Morgan fingerprint density at radius 2 is 2.00 bits per heavy atom. The maximum absolute atomic E-state index is 12.7. The highest BCUT2D eigenvalue weighted by Crippen LogP contribution is 2.39. The zero-order valence-electron chi connectivity index (χ0n) is 16.9. The lowest BCUT2D eigenvalue weighted by Gasteiger charge is -2.08. The molecule has 150 valence electrons. The predicted molar refractivity (Wildman–Crippen MR) is 115 cm³/mol. The fourth-order valence-electron chi connectivity index (χ4n) is 3.37. The first-order chi connectivity index (χ1) is 13.9. The van der Waals surface area contributed by atoms with Crippen LogP contribution in [-0.2, 0) is 22.4 Å². The number of rotatable bonds is 6. The summed E-state index contributed by atoms with van der Waals surface area (Å²) in [6.07, 6.45) is 4.26. The molecule has 5 nitrogen and oxygen atoms in total. The minimum absolute atomic E-state index is 0.00864. The number of amides is 1. The number of esters is 1. The van der Waals surface area contributed by atoms with Crippen molar-refractivity contribution >= 4 is 34.3 Å². The van der Waals surface area contributed by atoms with Crippen molar-refractivity contribution in [2.24, 2.45) is 0 Å². The summed E-state index contributed by atoms with van der Waals surface area (Å²) in [6.45, 7) is 6.24. The predicted octanol–water partition coefficient (Wildman–Crippen LogP) is 5.08. The van der Waals surface area contributed by atoms with Crippen LogP contribution in [0.1, 0.15) is 65.0 Å². The second kappa shape index (κ2) is 9.06. The highest BCUT2D eigenvalue weighted by molar-refractivity contribution is 7.17. The SMILES string of the molecule is CCOC(=O)c1c(NC(=O)C(C#N)=Cc2ccc(C(C)C)cc2)sc2c1CCC2. The first-order valence-corrected chi connectivity index (χ1v) is 10.6. The summed E-state index contributed by atoms with van der Waals surface area (Å²) >= 11 is 1.40. The van der Waals surface area contributed by atoms with Crippen molar-refractivity contribution in [1.29, 1.82) is 5.26 Å². The Morgan fingerprint density at radius 1 is 1.28 bits per heavy atom. The van der Waals surface area contributed by atoms with E-state index in [0.29, 0.717) is 16.5 Å². The van der Waals surface area contributed by atoms with Crippen molar-refractivity contribution in [2.75, 3.05) is 11.9 Å². The van der Waals surface area contributed by atoms with Gasteiger partial charge in [-0.05, 0) is 54.9 Å². The van der Waals surface area contributed by atoms with E-state index in [0.717, 1.165) is 35.3 Å². The topological polar surface area (TPSA) is 79.2 Å². The Hall–Kier alpha value is -2.91. The highest BCUT2D eigenvalue weighted by atomic mass is 32.1. The van der Waals surface area contributed by atoms with Gasteiger partial charge >= 0.3 is 5.97 Å². The quantitative estimate of drug-likeness (QED) is 0.410. The van der Waals surface area contributed by atoms with Gasteiger partial charge in [0.05, 0.1) is 12.2 Å². The number of benzene rings is 1. The molecule has 0 atom stereocenters. The molecule has 1 aliphatic rings. The van der Waals surface area contributed by atoms with Gasteiger partial charge in [-0.25, -0.2) is 4.79 Å². The molecular weight excluding hydrogens is 384 g/mol. The Labute approximate surface area is 175 Å². The van der Waals surface area contributed by atoms with Crippen LogP contribution in [0.2, 0.25) is 0 Å². The maximum Gasteiger partial charge on any atom is 0.341 e. The molecule has 0 saturated heterocycles. The van der Waals surface area contributed by atoms with Crippen molar-refractivity contribution in [3.63, 3.8) is 0 Å². The van der Waals surface area contributed by atoms with Crippen molar-refractivity contribution in [3.8, 4) is 6.07 Å². The minimum Gasteiger partial charge on any atom is -0.462 e. The Bertz CT molecular complexity index is 994. The van der Waals surface area contributed by atoms with Gasteiger partial charge < -0.3 is 10.1 Å². The number of carbonyl (C=O) groups excluding carboxylic acids is 2. The molecule has 0 aliphatic heterocycles. The molecule has 1 heterocycles. The van der Waals surface area contributed by atoms with Gasteiger partial charge in [-0.2, -0.15) is 5.26 Å². The van der Waals surface area contributed by atoms with Gasteiger partial charge in [-0.15, -0.1) is 11.3 Å². The molecule has 29 heavy (non-hydrogen) atoms. The molecule has 0 bridgehead atoms. The first kappa shape index (κ1) is 20.8. The van der Waals surface area contributed by atoms with Crippen molar-refractivity contribution < 1.29 is 14.3 Å². The van der Waals surface area contributed by atoms with E-state index in [4.69, 9.17) is 4.74 Å². The molecule has 0 saturated carbocycles. The van der Waals surface area contributed by atoms with E-state index >= 15 is 0 Å². The molecule has 1 aromatic carbocycles. The zero-order valence-corrected chi connectivity index (χ0v) is 17.7. The molecule has 6 heteroatoms. The lowest BCUT2D eigenvalue weighted by molar-refractivity contribution is -0.112. The minimum atomic E-state index is -0.522. The number of fused-ring (bicyclic) bond motifs is 1. The number of hydrogen-bond acceptors (Lipinski definition) is 5. The lowest BCUT2D eigenvalue weighted by atomic mass is 10.0. The molecule has 1 N–H and O–H groups in total. The van der Waals surface area contributed by atoms with Crippen LogP contribution >= 0.6 is 11.3 Å². The smallest absolute Gasteiger partial charge is 0.341 e. The molecule has 3 rings (SSSR count). The van der Waals surface area contributed by atoms with Gasteiger partial charge in [-0.3, -0.25) is 4.79 Å². The van der Waals surface area contributed by atoms with Gasteiger partial charge in [0.1, 0.15) is 16.6 Å². The van der Waals surface area contributed by atoms with E-state index in [-0.39, 0.29) is 12.2 Å². The number of carbonyl (C=O) groups is 2. The van der Waals surface area contributed by atoms with Gasteiger partial charge in [0.15, 0.2) is 0 Å². The van der Waals surface area contributed by atoms with Crippen LogP contribution < -0.4 is 5.32 Å². The second-order valence-electron chi connectivity index (χ2n) is 7.23. The number of nitrogens with zero attached hydrogens (tertiary/aromatic N) is 1. The fraction of sp³-hybridized carbons (Fsp3) is 0.348. The van der Waals surface area contributed by atoms with Crippen molar-refractivity contribution in [2.45, 2.75) is 46.0 Å². The van der Waals surface area contributed by atoms with Crippen LogP contribution in [0.3, 0.4) is 0 Å². The number of nitriles is 1. The van der Waals surface area contributed by atoms with E-state index in [1.54, 1.807) is 13.0 Å². The Balaban J connectivity index is 1.85. The molecular formula is C23H24N2O3S. The standard InChI is InChI=1S/C23H24N2O3S/c1-4-28-23(27)20-18-6-5-7-19(18)29-22(20)25-21(26)17(13-24)12-15-8-10-16(11-9-15)14(2)3/h8-12,14H,4-7H2,1-3H3,(H,25,26). The molecule has 2 aromatic rings. The van der Waals surface area contributed by atoms with Crippen LogP contribution in [0.4, 0.5) is 5.00 Å². The summed E-state index contributed by atoms with van der Waals surface area (Å²) in [5.41, 5.74) is 3.37. The number of anilines is 1. The van der Waals surface area contributed by atoms with Crippen LogP contribution in [-0.4, -0.2) is 18.5 Å². The largest absolute Gasteiger partial charge is 0.462 e. The second-order valence-corrected chi connectivity index (χ2v) is 8.33. The summed E-state index contributed by atoms with van der Waals surface area (Å²) in [4.78, 5) is 26.3. The van der Waals surface area contributed by atoms with E-state index in [1.165, 1.54) is 16.9 Å². The third-order valence-electron chi connectivity index (χ3n) is 4.91. The molecule has 1 aromatic heterocycles. The molecule has 1 amide bonds. The molecule has 0 radical (unpaired) electrons. The fourth-order valence-corrected chi connectivity index (χ4v) is 4.65. The van der Waals surface area contributed by atoms with Crippen molar-refractivity contribution in [1.82, 2.24) is 0 Å². The number of aryl methyl sites for hydroxylation is 1. The third-order valence-corrected chi connectivity index (χ3v) is 6.11. The van der Waals surface area contributed by atoms with E-state index in [9.17, 15) is 14.9 Å². The summed E-state index contributed by atoms with van der Waals surface area (Å²) in [5, 5.41) is 12.7. The number of hydrogen-bond donors (Lipinski definition) is 1. The number of ether oxygens (including phenoxy) is 1. The van der Waals surface area contributed by atoms with Gasteiger partial charge in [0, 0.05) is 4.88 Å². The first-order valence-electron chi connectivity index (χ1n) is 9.79. The van der Waals surface area contributed by atoms with Crippen LogP contribution in [0, 0.1) is 11.3 Å². The van der Waals surface area contributed by atoms with E-state index in [1.807, 2.05) is 30.3 Å². The third kappa shape index (κ3) is 4.57. The lowest BCUT2D eigenvalue weighted by Crippen LogP contribution is -2.16. The van der Waals surface area contributed by atoms with Gasteiger partial charge in [0.25, 0.3) is 5.91 Å². The maximum atomic E-state index is 12.7. The molecule has 1 aliphatic carbocycles. The number of nitrogens with one attached hydrogen (secondary N) is 1. The average molecular weight is 409 g/mol. The van der Waals surface area contributed by atoms with Gasteiger partial charge in [0.2, 0.25) is 0 Å². The Morgan fingerprint density at radius 3 is 2.62 bits per heavy atom. The zero-order chi connectivity index (χ0) is 21.0. The van der Waals surface area contributed by atoms with Gasteiger partial charge in [-0.1, -0.05) is 38.1 Å². The molecule has 0 unspecified atom stereocenters. The van der Waals surface area contributed by atoms with Crippen LogP contribution in [0.5, 0.6) is 0 Å². The van der Waals surface area contributed by atoms with Crippen LogP contribution in [0.25, 0.3) is 6.08 Å². The summed E-state index contributed by atoms with van der Waals surface area (Å²) < 4.78 is 5.18. The summed E-state index contributed by atoms with van der Waals surface area (Å²) in [5.74, 6) is -0.534. The summed E-state index contributed by atoms with van der Waals surface area (Å²) in [7, 11) is 0. The van der Waals surface area contributed by atoms with Crippen LogP contribution in [0.15, 0.2) is 29.8 Å². The molecule has 0 fully saturated rings. The highest BCUT2D eigenvalue weighted by Gasteiger charge is 2.28. The van der Waals surface area contributed by atoms with Crippen molar-refractivity contribution in [3.05, 3.63) is 57.0 Å². The average Bonchev–Trinajstić information content (AvgIpc) is 3.27. The normalized spacial score (nSPS) is 13.1. The van der Waals surface area contributed by atoms with E-state index in [2.05, 4.69) is 19.2 Å². The summed E-state index contributed by atoms with van der Waals surface area (Å²) in [6, 6.07) is 9.74. The number of thiophene rings is 1.